The van der Waals surface area contributed by atoms with Crippen molar-refractivity contribution in [1.29, 1.82) is 0 Å². The van der Waals surface area contributed by atoms with Crippen molar-refractivity contribution in [2.45, 2.75) is 20.3 Å². The van der Waals surface area contributed by atoms with Crippen LogP contribution in [0.5, 0.6) is 5.75 Å². The normalized spacial score (nSPS) is 10.1. The van der Waals surface area contributed by atoms with Crippen molar-refractivity contribution >= 4 is 17.5 Å². The van der Waals surface area contributed by atoms with E-state index in [1.165, 1.54) is 13.8 Å². The van der Waals surface area contributed by atoms with E-state index in [9.17, 15) is 14.4 Å². The molecule has 0 saturated carbocycles. The lowest BCUT2D eigenvalue weighted by atomic mass is 10.1. The molecule has 112 valence electrons. The second-order valence-electron chi connectivity index (χ2n) is 5.05. The van der Waals surface area contributed by atoms with E-state index in [1.807, 2.05) is 0 Å². The van der Waals surface area contributed by atoms with E-state index in [2.05, 4.69) is 0 Å². The highest BCUT2D eigenvalue weighted by atomic mass is 16.5. The number of ether oxygens (including phenoxy) is 1. The topological polar surface area (TPSA) is 60.4 Å². The monoisotopic (exact) mass is 296 g/mol. The molecule has 0 unspecified atom stereocenters. The summed E-state index contributed by atoms with van der Waals surface area (Å²) in [6.45, 7) is 3.00. The maximum atomic E-state index is 12.0. The van der Waals surface area contributed by atoms with Gasteiger partial charge in [0.25, 0.3) is 0 Å². The molecule has 0 spiro atoms. The Balaban J connectivity index is 2.05. The van der Waals surface area contributed by atoms with E-state index in [4.69, 9.17) is 4.74 Å². The van der Waals surface area contributed by atoms with Gasteiger partial charge in [-0.3, -0.25) is 9.59 Å². The Morgan fingerprint density at radius 3 is 1.86 bits per heavy atom. The van der Waals surface area contributed by atoms with Gasteiger partial charge in [0.1, 0.15) is 11.5 Å². The molecule has 0 radical (unpaired) electrons. The SMILES string of the molecule is CC(=O)Cc1ccc(C(=O)Oc2ccc(C(C)=O)cc2)cc1. The minimum absolute atomic E-state index is 0.0427. The molecule has 22 heavy (non-hydrogen) atoms. The van der Waals surface area contributed by atoms with Gasteiger partial charge in [0, 0.05) is 12.0 Å². The molecule has 0 heterocycles. The zero-order chi connectivity index (χ0) is 16.1. The number of carbonyl (C=O) groups is 3. The Bertz CT molecular complexity index is 697. The third-order valence-corrected chi connectivity index (χ3v) is 3.11. The Labute approximate surface area is 128 Å². The number of Topliss-reactive ketones (excluding diaryl/α,β-unsaturated/α-hetero) is 2. The molecule has 2 rings (SSSR count). The molecular weight excluding hydrogens is 280 g/mol. The van der Waals surface area contributed by atoms with E-state index in [0.29, 0.717) is 23.3 Å². The van der Waals surface area contributed by atoms with Crippen LogP contribution in [0.2, 0.25) is 0 Å². The summed E-state index contributed by atoms with van der Waals surface area (Å²) in [4.78, 5) is 34.2. The predicted molar refractivity (Wildman–Crippen MR) is 82.2 cm³/mol. The Kier molecular flexibility index (Phi) is 4.84. The molecule has 2 aromatic carbocycles. The molecular formula is C18H16O4. The maximum absolute atomic E-state index is 12.0. The minimum atomic E-state index is -0.482. The molecule has 4 nitrogen and oxygen atoms in total. The lowest BCUT2D eigenvalue weighted by Gasteiger charge is -2.05. The second kappa shape index (κ2) is 6.80. The minimum Gasteiger partial charge on any atom is -0.423 e. The second-order valence-corrected chi connectivity index (χ2v) is 5.05. The van der Waals surface area contributed by atoms with E-state index in [0.717, 1.165) is 5.56 Å². The molecule has 2 aromatic rings. The molecule has 0 atom stereocenters. The van der Waals surface area contributed by atoms with Crippen LogP contribution in [0.1, 0.15) is 40.1 Å². The van der Waals surface area contributed by atoms with Crippen LogP contribution in [0.15, 0.2) is 48.5 Å². The third kappa shape index (κ3) is 4.12. The maximum Gasteiger partial charge on any atom is 0.343 e. The van der Waals surface area contributed by atoms with Crippen molar-refractivity contribution in [3.8, 4) is 5.75 Å². The molecule has 0 aliphatic heterocycles. The molecule has 0 saturated heterocycles. The van der Waals surface area contributed by atoms with Crippen LogP contribution < -0.4 is 4.74 Å². The first-order valence-corrected chi connectivity index (χ1v) is 6.87. The molecule has 4 heteroatoms. The summed E-state index contributed by atoms with van der Waals surface area (Å²) in [7, 11) is 0. The van der Waals surface area contributed by atoms with Crippen LogP contribution in [0, 0.1) is 0 Å². The smallest absolute Gasteiger partial charge is 0.343 e. The number of esters is 1. The van der Waals surface area contributed by atoms with Gasteiger partial charge in [-0.25, -0.2) is 4.79 Å². The first kappa shape index (κ1) is 15.6. The van der Waals surface area contributed by atoms with Gasteiger partial charge in [-0.15, -0.1) is 0 Å². The van der Waals surface area contributed by atoms with Gasteiger partial charge < -0.3 is 4.74 Å². The molecule has 0 N–H and O–H groups in total. The average Bonchev–Trinajstić information content (AvgIpc) is 2.48. The fraction of sp³-hybridized carbons (Fsp3) is 0.167. The van der Waals surface area contributed by atoms with Crippen LogP contribution in [0.25, 0.3) is 0 Å². The molecule has 0 fully saturated rings. The van der Waals surface area contributed by atoms with Crippen molar-refractivity contribution in [2.75, 3.05) is 0 Å². The van der Waals surface area contributed by atoms with Crippen molar-refractivity contribution in [3.63, 3.8) is 0 Å². The van der Waals surface area contributed by atoms with Crippen molar-refractivity contribution in [3.05, 3.63) is 65.2 Å². The summed E-state index contributed by atoms with van der Waals surface area (Å²) in [5, 5.41) is 0. The average molecular weight is 296 g/mol. The van der Waals surface area contributed by atoms with Gasteiger partial charge in [0.05, 0.1) is 5.56 Å². The van der Waals surface area contributed by atoms with Crippen LogP contribution in [-0.4, -0.2) is 17.5 Å². The largest absolute Gasteiger partial charge is 0.423 e. The highest BCUT2D eigenvalue weighted by molar-refractivity contribution is 5.94. The first-order chi connectivity index (χ1) is 10.5. The highest BCUT2D eigenvalue weighted by Crippen LogP contribution is 2.15. The Morgan fingerprint density at radius 2 is 1.36 bits per heavy atom. The van der Waals surface area contributed by atoms with Crippen LogP contribution in [-0.2, 0) is 11.2 Å². The molecule has 0 amide bonds. The van der Waals surface area contributed by atoms with Crippen LogP contribution in [0.3, 0.4) is 0 Å². The Morgan fingerprint density at radius 1 is 0.818 bits per heavy atom. The first-order valence-electron chi connectivity index (χ1n) is 6.87. The quantitative estimate of drug-likeness (QED) is 0.483. The van der Waals surface area contributed by atoms with E-state index in [-0.39, 0.29) is 11.6 Å². The fourth-order valence-electron chi connectivity index (χ4n) is 1.97. The van der Waals surface area contributed by atoms with E-state index >= 15 is 0 Å². The standard InChI is InChI=1S/C18H16O4/c1-12(19)11-14-3-5-16(6-4-14)18(21)22-17-9-7-15(8-10-17)13(2)20/h3-10H,11H2,1-2H3. The molecule has 0 aliphatic carbocycles. The number of carbonyl (C=O) groups excluding carboxylic acids is 3. The zero-order valence-electron chi connectivity index (χ0n) is 12.5. The molecule has 0 bridgehead atoms. The summed E-state index contributed by atoms with van der Waals surface area (Å²) in [5.41, 5.74) is 1.83. The number of hydrogen-bond donors (Lipinski definition) is 0. The third-order valence-electron chi connectivity index (χ3n) is 3.11. The summed E-state index contributed by atoms with van der Waals surface area (Å²) >= 11 is 0. The van der Waals surface area contributed by atoms with Crippen LogP contribution in [0.4, 0.5) is 0 Å². The van der Waals surface area contributed by atoms with Crippen LogP contribution >= 0.6 is 0 Å². The summed E-state index contributed by atoms with van der Waals surface area (Å²) in [6, 6.07) is 13.1. The summed E-state index contributed by atoms with van der Waals surface area (Å²) in [5.74, 6) is -0.0763. The fourth-order valence-corrected chi connectivity index (χ4v) is 1.97. The molecule has 0 aliphatic rings. The highest BCUT2D eigenvalue weighted by Gasteiger charge is 2.09. The molecule has 0 aromatic heterocycles. The van der Waals surface area contributed by atoms with Gasteiger partial charge in [0.15, 0.2) is 5.78 Å². The Hall–Kier alpha value is -2.75. The number of rotatable bonds is 5. The lowest BCUT2D eigenvalue weighted by molar-refractivity contribution is -0.116. The van der Waals surface area contributed by atoms with E-state index in [1.54, 1.807) is 48.5 Å². The number of hydrogen-bond acceptors (Lipinski definition) is 4. The zero-order valence-corrected chi connectivity index (χ0v) is 12.5. The van der Waals surface area contributed by atoms with Gasteiger partial charge in [-0.2, -0.15) is 0 Å². The number of ketones is 2. The lowest BCUT2D eigenvalue weighted by Crippen LogP contribution is -2.09. The summed E-state index contributed by atoms with van der Waals surface area (Å²) in [6.07, 6.45) is 0.349. The van der Waals surface area contributed by atoms with Gasteiger partial charge in [0.2, 0.25) is 0 Å². The van der Waals surface area contributed by atoms with E-state index < -0.39 is 5.97 Å². The van der Waals surface area contributed by atoms with Gasteiger partial charge >= 0.3 is 5.97 Å². The predicted octanol–water partition coefficient (Wildman–Crippen LogP) is 3.24. The van der Waals surface area contributed by atoms with Crippen molar-refractivity contribution < 1.29 is 19.1 Å². The van der Waals surface area contributed by atoms with Gasteiger partial charge in [-0.1, -0.05) is 12.1 Å². The van der Waals surface area contributed by atoms with Gasteiger partial charge in [-0.05, 0) is 55.8 Å². The summed E-state index contributed by atoms with van der Waals surface area (Å²) < 4.78 is 5.24. The van der Waals surface area contributed by atoms with Crippen molar-refractivity contribution in [2.24, 2.45) is 0 Å². The van der Waals surface area contributed by atoms with Crippen molar-refractivity contribution in [1.82, 2.24) is 0 Å². The number of benzene rings is 2.